The van der Waals surface area contributed by atoms with Crippen LogP contribution in [0.5, 0.6) is 5.75 Å². The van der Waals surface area contributed by atoms with Crippen LogP contribution in [-0.4, -0.2) is 92.3 Å². The molecule has 0 saturated carbocycles. The van der Waals surface area contributed by atoms with Crippen molar-refractivity contribution >= 4 is 17.3 Å². The van der Waals surface area contributed by atoms with Gasteiger partial charge in [-0.2, -0.15) is 10.2 Å². The Morgan fingerprint density at radius 3 is 2.44 bits per heavy atom. The first kappa shape index (κ1) is 39.6. The van der Waals surface area contributed by atoms with Gasteiger partial charge in [-0.05, 0) is 68.7 Å². The number of halogens is 2. The third kappa shape index (κ3) is 9.02. The Bertz CT molecular complexity index is 2150. The molecule has 2 aromatic heterocycles. The number of aliphatic hydroxyl groups is 1. The number of ether oxygens (including phenoxy) is 3. The largest absolute Gasteiger partial charge is 0.493 e. The average Bonchev–Trinajstić information content (AvgIpc) is 3.98. The smallest absolute Gasteiger partial charge is 0.350 e. The first-order valence-electron chi connectivity index (χ1n) is 19.4. The van der Waals surface area contributed by atoms with E-state index in [9.17, 15) is 14.0 Å². The summed E-state index contributed by atoms with van der Waals surface area (Å²) in [6.45, 7) is 7.69. The van der Waals surface area contributed by atoms with Gasteiger partial charge in [-0.1, -0.05) is 19.1 Å². The monoisotopic (exact) mass is 786 g/mol. The molecule has 4 heterocycles. The van der Waals surface area contributed by atoms with Crippen molar-refractivity contribution in [2.24, 2.45) is 5.92 Å². The van der Waals surface area contributed by atoms with Crippen molar-refractivity contribution in [1.82, 2.24) is 29.1 Å². The minimum absolute atomic E-state index is 0.0388. The van der Waals surface area contributed by atoms with E-state index in [1.165, 1.54) is 34.0 Å². The number of piperazine rings is 1. The molecule has 2 aliphatic heterocycles. The van der Waals surface area contributed by atoms with E-state index in [2.05, 4.69) is 31.0 Å². The van der Waals surface area contributed by atoms with Crippen LogP contribution in [0.2, 0.25) is 0 Å². The molecule has 4 atom stereocenters. The molecule has 0 bridgehead atoms. The molecule has 0 aliphatic carbocycles. The number of esters is 1. The summed E-state index contributed by atoms with van der Waals surface area (Å²) < 4.78 is 51.4. The summed E-state index contributed by atoms with van der Waals surface area (Å²) in [5.41, 5.74) is 1.70. The van der Waals surface area contributed by atoms with Gasteiger partial charge in [0.25, 0.3) is 0 Å². The van der Waals surface area contributed by atoms with Gasteiger partial charge in [-0.3, -0.25) is 4.79 Å². The van der Waals surface area contributed by atoms with E-state index in [1.54, 1.807) is 17.9 Å². The molecular weight excluding hydrogens is 738 g/mol. The number of rotatable bonds is 16. The number of hydrogen-bond donors (Lipinski definition) is 1. The molecule has 0 unspecified atom stereocenters. The summed E-state index contributed by atoms with van der Waals surface area (Å²) in [6.07, 6.45) is 5.33. The zero-order valence-corrected chi connectivity index (χ0v) is 32.1. The second-order valence-electron chi connectivity index (χ2n) is 14.6. The van der Waals surface area contributed by atoms with Gasteiger partial charge in [0.05, 0.1) is 31.5 Å². The molecule has 2 aliphatic rings. The van der Waals surface area contributed by atoms with E-state index < -0.39 is 35.4 Å². The molecule has 1 N–H and O–H groups in total. The second kappa shape index (κ2) is 17.7. The van der Waals surface area contributed by atoms with Gasteiger partial charge in [0.2, 0.25) is 0 Å². The lowest BCUT2D eigenvalue weighted by Crippen LogP contribution is -2.46. The van der Waals surface area contributed by atoms with Crippen LogP contribution < -0.4 is 20.2 Å². The van der Waals surface area contributed by atoms with Crippen molar-refractivity contribution in [3.05, 3.63) is 113 Å². The van der Waals surface area contributed by atoms with Crippen LogP contribution in [0.3, 0.4) is 0 Å². The third-order valence-electron chi connectivity index (χ3n) is 10.8. The number of carbonyl (C=O) groups is 1. The second-order valence-corrected chi connectivity index (χ2v) is 14.6. The minimum atomic E-state index is -1.04. The highest BCUT2D eigenvalue weighted by molar-refractivity contribution is 5.69. The van der Waals surface area contributed by atoms with Gasteiger partial charge in [0, 0.05) is 74.2 Å². The fraction of sp³-hybridized carbons (Fsp3) is 0.439. The van der Waals surface area contributed by atoms with Crippen molar-refractivity contribution in [3.63, 3.8) is 0 Å². The summed E-state index contributed by atoms with van der Waals surface area (Å²) in [5, 5.41) is 17.5. The highest BCUT2D eigenvalue weighted by Crippen LogP contribution is 2.42. The highest BCUT2D eigenvalue weighted by atomic mass is 19.1. The van der Waals surface area contributed by atoms with Crippen LogP contribution in [0.1, 0.15) is 51.1 Å². The molecule has 2 fully saturated rings. The summed E-state index contributed by atoms with van der Waals surface area (Å²) in [4.78, 5) is 34.2. The van der Waals surface area contributed by atoms with Crippen LogP contribution in [0.25, 0.3) is 5.69 Å². The lowest BCUT2D eigenvalue weighted by Gasteiger charge is -2.37. The molecule has 2 saturated heterocycles. The van der Waals surface area contributed by atoms with Gasteiger partial charge < -0.3 is 29.1 Å². The van der Waals surface area contributed by atoms with Crippen molar-refractivity contribution in [1.29, 1.82) is 0 Å². The maximum absolute atomic E-state index is 15.1. The maximum atomic E-state index is 15.1. The molecule has 0 spiro atoms. The van der Waals surface area contributed by atoms with Crippen LogP contribution in [0.15, 0.2) is 90.5 Å². The van der Waals surface area contributed by atoms with Gasteiger partial charge in [0.1, 0.15) is 48.1 Å². The summed E-state index contributed by atoms with van der Waals surface area (Å²) in [5.74, 6) is -1.03. The van der Waals surface area contributed by atoms with E-state index in [1.807, 2.05) is 49.4 Å². The zero-order chi connectivity index (χ0) is 39.9. The number of benzene rings is 3. The number of aliphatic hydroxyl groups excluding tert-OH is 1. The van der Waals surface area contributed by atoms with Crippen molar-refractivity contribution < 1.29 is 32.9 Å². The Morgan fingerprint density at radius 2 is 1.74 bits per heavy atom. The first-order valence-corrected chi connectivity index (χ1v) is 19.4. The van der Waals surface area contributed by atoms with Crippen molar-refractivity contribution in [3.8, 4) is 11.4 Å². The zero-order valence-electron chi connectivity index (χ0n) is 32.1. The molecule has 0 radical (unpaired) electrons. The molecule has 0 amide bonds. The topological polar surface area (TPSA) is 142 Å². The quantitative estimate of drug-likeness (QED) is 0.137. The summed E-state index contributed by atoms with van der Waals surface area (Å²) in [6, 6.07) is 19.0. The highest BCUT2D eigenvalue weighted by Gasteiger charge is 2.44. The fourth-order valence-corrected chi connectivity index (χ4v) is 7.81. The molecule has 5 aromatic rings. The van der Waals surface area contributed by atoms with Crippen molar-refractivity contribution in [2.75, 3.05) is 55.8 Å². The third-order valence-corrected chi connectivity index (χ3v) is 10.8. The number of aromatic nitrogens is 6. The van der Waals surface area contributed by atoms with Crippen LogP contribution in [0, 0.1) is 17.6 Å². The number of carbonyl (C=O) groups excluding carboxylic acids is 1. The molecule has 57 heavy (non-hydrogen) atoms. The number of hydrogen-bond acceptors (Lipinski definition) is 11. The average molecular weight is 787 g/mol. The number of nitrogens with zero attached hydrogens (tertiary/aromatic N) is 8. The fourth-order valence-electron chi connectivity index (χ4n) is 7.81. The SMILES string of the molecule is CC[C@@H]([C@H](C)OC(=O)CCCO)n1ncn(-c2ccc(N3CCN(c4cccc(OC[C@@H]5CO[C@@](Cn6cncn6)(c6ccc(F)cc6F)C5)c4)CC3)cc2)c1=O. The van der Waals surface area contributed by atoms with E-state index in [4.69, 9.17) is 19.3 Å². The Morgan fingerprint density at radius 1 is 0.982 bits per heavy atom. The van der Waals surface area contributed by atoms with Crippen molar-refractivity contribution in [2.45, 2.75) is 63.8 Å². The van der Waals surface area contributed by atoms with Gasteiger partial charge in [-0.15, -0.1) is 0 Å². The minimum Gasteiger partial charge on any atom is -0.493 e. The lowest BCUT2D eigenvalue weighted by atomic mass is 9.87. The van der Waals surface area contributed by atoms with Crippen LogP contribution in [0.4, 0.5) is 20.2 Å². The predicted octanol–water partition coefficient (Wildman–Crippen LogP) is 4.90. The number of anilines is 2. The molecular formula is C41H48F2N8O6. The Labute approximate surface area is 329 Å². The maximum Gasteiger partial charge on any atom is 0.350 e. The summed E-state index contributed by atoms with van der Waals surface area (Å²) >= 11 is 0. The molecule has 302 valence electrons. The summed E-state index contributed by atoms with van der Waals surface area (Å²) in [7, 11) is 0. The van der Waals surface area contributed by atoms with E-state index >= 15 is 4.39 Å². The molecule has 3 aromatic carbocycles. The van der Waals surface area contributed by atoms with Crippen LogP contribution >= 0.6 is 0 Å². The molecule has 16 heteroatoms. The van der Waals surface area contributed by atoms with Gasteiger partial charge in [0.15, 0.2) is 0 Å². The lowest BCUT2D eigenvalue weighted by molar-refractivity contribution is -0.151. The van der Waals surface area contributed by atoms with E-state index in [-0.39, 0.29) is 36.7 Å². The van der Waals surface area contributed by atoms with Gasteiger partial charge in [-0.25, -0.2) is 32.5 Å². The molecule has 14 nitrogen and oxygen atoms in total. The standard InChI is InChI=1S/C41H48F2N8O6/c1-3-38(29(2)57-39(53)8-5-19-52)51-40(54)50(28-46-51)33-12-10-32(11-13-33)47-15-17-48(18-16-47)34-6-4-7-35(21-34)55-23-30-22-41(56-24-30,25-49-27-44-26-45-49)36-14-9-31(42)20-37(36)43/h4,6-7,9-14,20-21,26-30,38,52H,3,5,8,15-19,22-25H2,1-2H3/t29-,30+,38-,41-/m0/s1. The normalized spacial score (nSPS) is 19.4. The Balaban J connectivity index is 0.931. The predicted molar refractivity (Wildman–Crippen MR) is 208 cm³/mol. The van der Waals surface area contributed by atoms with Gasteiger partial charge >= 0.3 is 11.7 Å². The van der Waals surface area contributed by atoms with Crippen LogP contribution in [-0.2, 0) is 26.4 Å². The first-order chi connectivity index (χ1) is 27.7. The van der Waals surface area contributed by atoms with E-state index in [0.717, 1.165) is 49.4 Å². The Kier molecular flexibility index (Phi) is 12.3. The molecule has 7 rings (SSSR count). The van der Waals surface area contributed by atoms with E-state index in [0.29, 0.717) is 38.2 Å². The Hall–Kier alpha value is -5.61.